The Morgan fingerprint density at radius 2 is 2.00 bits per heavy atom. The smallest absolute Gasteiger partial charge is 0.250 e. The van der Waals surface area contributed by atoms with Crippen LogP contribution in [0.25, 0.3) is 0 Å². The number of halogens is 6. The molecule has 92 valence electrons. The number of hydrogen-bond donors (Lipinski definition) is 0. The van der Waals surface area contributed by atoms with Crippen molar-refractivity contribution in [3.8, 4) is 6.07 Å². The van der Waals surface area contributed by atoms with Crippen LogP contribution < -0.4 is 0 Å². The van der Waals surface area contributed by atoms with Crippen LogP contribution in [0.4, 0.5) is 22.0 Å². The van der Waals surface area contributed by atoms with Crippen molar-refractivity contribution < 1.29 is 22.0 Å². The summed E-state index contributed by atoms with van der Waals surface area (Å²) in [7, 11) is 0. The van der Waals surface area contributed by atoms with E-state index < -0.39 is 41.0 Å². The molecular weight excluding hydrogens is 267 g/mol. The van der Waals surface area contributed by atoms with E-state index in [4.69, 9.17) is 16.9 Å². The van der Waals surface area contributed by atoms with Gasteiger partial charge in [0.2, 0.25) is 0 Å². The average molecular weight is 271 g/mol. The van der Waals surface area contributed by atoms with E-state index in [1.807, 2.05) is 0 Å². The van der Waals surface area contributed by atoms with Gasteiger partial charge in [-0.2, -0.15) is 18.4 Å². The van der Waals surface area contributed by atoms with Crippen molar-refractivity contribution in [2.45, 2.75) is 19.0 Å². The Hall–Kier alpha value is -1.42. The zero-order chi connectivity index (χ0) is 13.2. The highest BCUT2D eigenvalue weighted by Gasteiger charge is 2.37. The van der Waals surface area contributed by atoms with Crippen molar-refractivity contribution in [2.24, 2.45) is 0 Å². The Balaban J connectivity index is 3.45. The van der Waals surface area contributed by atoms with Crippen LogP contribution in [0, 0.1) is 11.3 Å². The molecule has 17 heavy (non-hydrogen) atoms. The van der Waals surface area contributed by atoms with Crippen molar-refractivity contribution in [1.82, 2.24) is 4.98 Å². The van der Waals surface area contributed by atoms with E-state index in [1.165, 1.54) is 6.07 Å². The third-order valence-electron chi connectivity index (χ3n) is 1.82. The number of alkyl halides is 5. The van der Waals surface area contributed by atoms with E-state index in [-0.39, 0.29) is 0 Å². The van der Waals surface area contributed by atoms with Gasteiger partial charge in [-0.3, -0.25) is 4.98 Å². The van der Waals surface area contributed by atoms with Crippen LogP contribution in [0.3, 0.4) is 0 Å². The number of rotatable bonds is 2. The quantitative estimate of drug-likeness (QED) is 0.767. The van der Waals surface area contributed by atoms with Gasteiger partial charge in [0.05, 0.1) is 28.8 Å². The van der Waals surface area contributed by atoms with Gasteiger partial charge in [-0.1, -0.05) is 11.6 Å². The average Bonchev–Trinajstić information content (AvgIpc) is 2.14. The first kappa shape index (κ1) is 13.6. The topological polar surface area (TPSA) is 36.7 Å². The molecule has 2 nitrogen and oxygen atoms in total. The Labute approximate surface area is 97.6 Å². The van der Waals surface area contributed by atoms with E-state index >= 15 is 0 Å². The predicted octanol–water partition coefficient (Wildman–Crippen LogP) is 3.76. The minimum absolute atomic E-state index is 0.454. The van der Waals surface area contributed by atoms with Crippen LogP contribution in [0.1, 0.15) is 23.4 Å². The maximum absolute atomic E-state index is 12.5. The van der Waals surface area contributed by atoms with Gasteiger partial charge < -0.3 is 0 Å². The molecule has 1 aromatic rings. The first-order valence-electron chi connectivity index (χ1n) is 4.19. The van der Waals surface area contributed by atoms with Crippen molar-refractivity contribution >= 4 is 11.6 Å². The molecule has 0 saturated carbocycles. The Morgan fingerprint density at radius 1 is 1.41 bits per heavy atom. The van der Waals surface area contributed by atoms with Crippen LogP contribution in [0.5, 0.6) is 0 Å². The van der Waals surface area contributed by atoms with E-state index in [9.17, 15) is 22.0 Å². The molecule has 0 atom stereocenters. The molecule has 0 bridgehead atoms. The lowest BCUT2D eigenvalue weighted by Crippen LogP contribution is -2.13. The molecule has 0 unspecified atom stereocenters. The fourth-order valence-corrected chi connectivity index (χ4v) is 1.53. The largest absolute Gasteiger partial charge is 0.419 e. The first-order valence-corrected chi connectivity index (χ1v) is 4.56. The molecule has 0 aliphatic heterocycles. The lowest BCUT2D eigenvalue weighted by Gasteiger charge is -2.13. The number of nitriles is 1. The molecule has 0 aliphatic rings. The summed E-state index contributed by atoms with van der Waals surface area (Å²) in [6, 6.07) is 1.88. The fourth-order valence-electron chi connectivity index (χ4n) is 1.20. The SMILES string of the molecule is N#CCc1nc(C(F)F)cc(Cl)c1C(F)(F)F. The third-order valence-corrected chi connectivity index (χ3v) is 2.12. The lowest BCUT2D eigenvalue weighted by molar-refractivity contribution is -0.138. The Bertz CT molecular complexity index is 464. The zero-order valence-corrected chi connectivity index (χ0v) is 8.78. The molecule has 1 heterocycles. The Kier molecular flexibility index (Phi) is 3.88. The van der Waals surface area contributed by atoms with Gasteiger partial charge in [0.25, 0.3) is 6.43 Å². The van der Waals surface area contributed by atoms with Gasteiger partial charge in [-0.25, -0.2) is 8.78 Å². The van der Waals surface area contributed by atoms with Gasteiger partial charge >= 0.3 is 6.18 Å². The van der Waals surface area contributed by atoms with Crippen LogP contribution in [-0.4, -0.2) is 4.98 Å². The van der Waals surface area contributed by atoms with Crippen molar-refractivity contribution in [1.29, 1.82) is 5.26 Å². The standard InChI is InChI=1S/C9H4ClF5N2/c10-4-3-6(8(11)12)17-5(1-2-16)7(4)9(13,14)15/h3,8H,1H2. The summed E-state index contributed by atoms with van der Waals surface area (Å²) in [4.78, 5) is 3.11. The second-order valence-corrected chi connectivity index (χ2v) is 3.39. The highest BCUT2D eigenvalue weighted by Crippen LogP contribution is 2.38. The third kappa shape index (κ3) is 3.03. The molecule has 1 rings (SSSR count). The minimum atomic E-state index is -4.84. The summed E-state index contributed by atoms with van der Waals surface area (Å²) in [6.45, 7) is 0. The molecule has 0 saturated heterocycles. The summed E-state index contributed by atoms with van der Waals surface area (Å²) in [6.07, 6.45) is -8.63. The summed E-state index contributed by atoms with van der Waals surface area (Å²) >= 11 is 5.30. The van der Waals surface area contributed by atoms with Gasteiger partial charge in [0, 0.05) is 0 Å². The Morgan fingerprint density at radius 3 is 2.41 bits per heavy atom. The summed E-state index contributed by atoms with van der Waals surface area (Å²) in [5, 5.41) is 7.46. The highest BCUT2D eigenvalue weighted by molar-refractivity contribution is 6.31. The van der Waals surface area contributed by atoms with Crippen LogP contribution in [-0.2, 0) is 12.6 Å². The molecule has 0 aliphatic carbocycles. The number of aromatic nitrogens is 1. The maximum atomic E-state index is 12.5. The van der Waals surface area contributed by atoms with Crippen LogP contribution in [0.2, 0.25) is 5.02 Å². The van der Waals surface area contributed by atoms with Gasteiger partial charge in [-0.05, 0) is 6.07 Å². The van der Waals surface area contributed by atoms with Gasteiger partial charge in [0.1, 0.15) is 5.69 Å². The molecule has 0 fully saturated rings. The molecule has 0 N–H and O–H groups in total. The summed E-state index contributed by atoms with van der Waals surface area (Å²) in [5.74, 6) is 0. The van der Waals surface area contributed by atoms with E-state index in [0.717, 1.165) is 0 Å². The lowest BCUT2D eigenvalue weighted by atomic mass is 10.1. The molecule has 0 amide bonds. The predicted molar refractivity (Wildman–Crippen MR) is 48.5 cm³/mol. The maximum Gasteiger partial charge on any atom is 0.419 e. The van der Waals surface area contributed by atoms with Gasteiger partial charge in [0.15, 0.2) is 0 Å². The molecule has 1 aromatic heterocycles. The summed E-state index contributed by atoms with van der Waals surface area (Å²) < 4.78 is 62.3. The van der Waals surface area contributed by atoms with Gasteiger partial charge in [-0.15, -0.1) is 0 Å². The molecule has 0 aromatic carbocycles. The monoisotopic (exact) mass is 270 g/mol. The van der Waals surface area contributed by atoms with E-state index in [0.29, 0.717) is 6.07 Å². The second kappa shape index (κ2) is 4.84. The molecule has 8 heteroatoms. The second-order valence-electron chi connectivity index (χ2n) is 2.98. The van der Waals surface area contributed by atoms with Crippen molar-refractivity contribution in [3.05, 3.63) is 28.0 Å². The first-order chi connectivity index (χ1) is 7.77. The van der Waals surface area contributed by atoms with E-state index in [2.05, 4.69) is 4.98 Å². The van der Waals surface area contributed by atoms with Crippen LogP contribution >= 0.6 is 11.6 Å². The highest BCUT2D eigenvalue weighted by atomic mass is 35.5. The number of nitrogens with zero attached hydrogens (tertiary/aromatic N) is 2. The fraction of sp³-hybridized carbons (Fsp3) is 0.333. The van der Waals surface area contributed by atoms with Crippen LogP contribution in [0.15, 0.2) is 6.07 Å². The van der Waals surface area contributed by atoms with E-state index in [1.54, 1.807) is 0 Å². The molecule has 0 radical (unpaired) electrons. The number of pyridine rings is 1. The minimum Gasteiger partial charge on any atom is -0.250 e. The summed E-state index contributed by atoms with van der Waals surface area (Å²) in [5.41, 5.74) is -3.01. The van der Waals surface area contributed by atoms with Crippen molar-refractivity contribution in [3.63, 3.8) is 0 Å². The normalized spacial score (nSPS) is 11.6. The van der Waals surface area contributed by atoms with Crippen molar-refractivity contribution in [2.75, 3.05) is 0 Å². The molecule has 0 spiro atoms. The zero-order valence-electron chi connectivity index (χ0n) is 8.02. The number of hydrogen-bond acceptors (Lipinski definition) is 2. The molecular formula is C9H4ClF5N2.